The third-order valence-electron chi connectivity index (χ3n) is 3.00. The molecule has 0 aromatic heterocycles. The van der Waals surface area contributed by atoms with Gasteiger partial charge in [-0.2, -0.15) is 0 Å². The molecule has 18 heavy (non-hydrogen) atoms. The number of aliphatic hydroxyl groups is 1. The minimum atomic E-state index is -0.339. The maximum absolute atomic E-state index is 11.9. The second-order valence-electron chi connectivity index (χ2n) is 4.48. The summed E-state index contributed by atoms with van der Waals surface area (Å²) in [6.07, 6.45) is 0.363. The monoisotopic (exact) mass is 329 g/mol. The maximum atomic E-state index is 11.9. The Hall–Kier alpha value is -0.520. The Labute approximate surface area is 120 Å². The van der Waals surface area contributed by atoms with Gasteiger partial charge < -0.3 is 10.0 Å². The molecule has 1 aliphatic heterocycles. The van der Waals surface area contributed by atoms with Crippen molar-refractivity contribution in [3.8, 4) is 0 Å². The predicted octanol–water partition coefficient (Wildman–Crippen LogP) is 2.44. The van der Waals surface area contributed by atoms with E-state index < -0.39 is 0 Å². The zero-order valence-corrected chi connectivity index (χ0v) is 12.6. The van der Waals surface area contributed by atoms with Crippen molar-refractivity contribution in [3.05, 3.63) is 28.2 Å². The fourth-order valence-corrected chi connectivity index (χ4v) is 3.36. The molecule has 1 aliphatic rings. The lowest BCUT2D eigenvalue weighted by Crippen LogP contribution is -2.30. The highest BCUT2D eigenvalue weighted by molar-refractivity contribution is 9.10. The summed E-state index contributed by atoms with van der Waals surface area (Å²) in [7, 11) is 0. The summed E-state index contributed by atoms with van der Waals surface area (Å²) >= 11 is 4.98. The minimum absolute atomic E-state index is 0.110. The van der Waals surface area contributed by atoms with Crippen LogP contribution in [0.4, 0.5) is 0 Å². The standard InChI is InChI=1S/C13H16BrNO2S/c1-9-6-10(14)2-3-12(9)18-8-13(17)15-5-4-11(16)7-15/h2-3,6,11,16H,4-5,7-8H2,1H3/t11-/m1/s1. The number of amides is 1. The van der Waals surface area contributed by atoms with Gasteiger partial charge in [0.2, 0.25) is 5.91 Å². The van der Waals surface area contributed by atoms with Gasteiger partial charge in [0, 0.05) is 22.5 Å². The summed E-state index contributed by atoms with van der Waals surface area (Å²) in [6, 6.07) is 6.06. The molecule has 0 aliphatic carbocycles. The Morgan fingerprint density at radius 1 is 1.61 bits per heavy atom. The molecular formula is C13H16BrNO2S. The quantitative estimate of drug-likeness (QED) is 0.866. The van der Waals surface area contributed by atoms with Gasteiger partial charge in [-0.3, -0.25) is 4.79 Å². The Morgan fingerprint density at radius 2 is 2.39 bits per heavy atom. The van der Waals surface area contributed by atoms with E-state index >= 15 is 0 Å². The average Bonchev–Trinajstić information content (AvgIpc) is 2.74. The Morgan fingerprint density at radius 3 is 3.00 bits per heavy atom. The van der Waals surface area contributed by atoms with Crippen molar-refractivity contribution in [2.75, 3.05) is 18.8 Å². The largest absolute Gasteiger partial charge is 0.391 e. The number of aliphatic hydroxyl groups excluding tert-OH is 1. The van der Waals surface area contributed by atoms with Crippen LogP contribution in [0.5, 0.6) is 0 Å². The molecule has 1 aromatic carbocycles. The molecule has 1 fully saturated rings. The molecule has 3 nitrogen and oxygen atoms in total. The number of halogens is 1. The van der Waals surface area contributed by atoms with Gasteiger partial charge >= 0.3 is 0 Å². The first-order valence-electron chi connectivity index (χ1n) is 5.91. The summed E-state index contributed by atoms with van der Waals surface area (Å²) < 4.78 is 1.05. The van der Waals surface area contributed by atoms with E-state index in [9.17, 15) is 9.90 Å². The number of benzene rings is 1. The van der Waals surface area contributed by atoms with Crippen LogP contribution in [0.15, 0.2) is 27.6 Å². The molecule has 0 saturated carbocycles. The molecule has 5 heteroatoms. The van der Waals surface area contributed by atoms with Crippen LogP contribution in [0.2, 0.25) is 0 Å². The van der Waals surface area contributed by atoms with Crippen molar-refractivity contribution in [1.82, 2.24) is 4.90 Å². The topological polar surface area (TPSA) is 40.5 Å². The van der Waals surface area contributed by atoms with Crippen molar-refractivity contribution in [2.45, 2.75) is 24.3 Å². The number of carbonyl (C=O) groups excluding carboxylic acids is 1. The van der Waals surface area contributed by atoms with Crippen molar-refractivity contribution in [2.24, 2.45) is 0 Å². The smallest absolute Gasteiger partial charge is 0.233 e. The predicted molar refractivity (Wildman–Crippen MR) is 76.8 cm³/mol. The molecule has 1 saturated heterocycles. The summed E-state index contributed by atoms with van der Waals surface area (Å²) in [6.45, 7) is 3.20. The van der Waals surface area contributed by atoms with Crippen LogP contribution in [0.25, 0.3) is 0 Å². The molecule has 0 unspecified atom stereocenters. The molecule has 1 N–H and O–H groups in total. The third kappa shape index (κ3) is 3.49. The van der Waals surface area contributed by atoms with Crippen LogP contribution in [0.1, 0.15) is 12.0 Å². The van der Waals surface area contributed by atoms with Crippen LogP contribution in [-0.2, 0) is 4.79 Å². The molecule has 0 radical (unpaired) electrons. The van der Waals surface area contributed by atoms with E-state index in [-0.39, 0.29) is 12.0 Å². The van der Waals surface area contributed by atoms with Gasteiger partial charge in [0.25, 0.3) is 0 Å². The molecular weight excluding hydrogens is 314 g/mol. The number of thioether (sulfide) groups is 1. The molecule has 1 heterocycles. The fraction of sp³-hybridized carbons (Fsp3) is 0.462. The van der Waals surface area contributed by atoms with Crippen molar-refractivity contribution in [1.29, 1.82) is 0 Å². The minimum Gasteiger partial charge on any atom is -0.391 e. The third-order valence-corrected chi connectivity index (χ3v) is 4.66. The Balaban J connectivity index is 1.89. The van der Waals surface area contributed by atoms with Crippen molar-refractivity contribution in [3.63, 3.8) is 0 Å². The van der Waals surface area contributed by atoms with E-state index in [0.29, 0.717) is 25.3 Å². The van der Waals surface area contributed by atoms with E-state index in [0.717, 1.165) is 9.37 Å². The molecule has 1 aromatic rings. The van der Waals surface area contributed by atoms with E-state index in [2.05, 4.69) is 15.9 Å². The number of hydrogen-bond donors (Lipinski definition) is 1. The highest BCUT2D eigenvalue weighted by Crippen LogP contribution is 2.25. The van der Waals surface area contributed by atoms with E-state index in [1.165, 1.54) is 5.56 Å². The molecule has 1 amide bonds. The SMILES string of the molecule is Cc1cc(Br)ccc1SCC(=O)N1CC[C@@H](O)C1. The average molecular weight is 330 g/mol. The highest BCUT2D eigenvalue weighted by atomic mass is 79.9. The number of carbonyl (C=O) groups is 1. The van der Waals surface area contributed by atoms with Gasteiger partial charge in [0.1, 0.15) is 0 Å². The first kappa shape index (κ1) is 13.9. The Bertz CT molecular complexity index is 453. The van der Waals surface area contributed by atoms with Gasteiger partial charge in [-0.15, -0.1) is 11.8 Å². The lowest BCUT2D eigenvalue weighted by atomic mass is 10.2. The van der Waals surface area contributed by atoms with E-state index in [1.807, 2.05) is 25.1 Å². The first-order valence-corrected chi connectivity index (χ1v) is 7.69. The summed E-state index contributed by atoms with van der Waals surface area (Å²) in [5, 5.41) is 9.40. The lowest BCUT2D eigenvalue weighted by Gasteiger charge is -2.15. The van der Waals surface area contributed by atoms with Crippen LogP contribution in [0.3, 0.4) is 0 Å². The number of rotatable bonds is 3. The van der Waals surface area contributed by atoms with Crippen molar-refractivity contribution < 1.29 is 9.90 Å². The fourth-order valence-electron chi connectivity index (χ4n) is 1.97. The summed E-state index contributed by atoms with van der Waals surface area (Å²) in [5.41, 5.74) is 1.17. The summed E-state index contributed by atoms with van der Waals surface area (Å²) in [5.74, 6) is 0.550. The summed E-state index contributed by atoms with van der Waals surface area (Å²) in [4.78, 5) is 14.8. The zero-order valence-electron chi connectivity index (χ0n) is 10.2. The maximum Gasteiger partial charge on any atom is 0.233 e. The Kier molecular flexibility index (Phi) is 4.70. The first-order chi connectivity index (χ1) is 8.56. The number of likely N-dealkylation sites (tertiary alicyclic amines) is 1. The van der Waals surface area contributed by atoms with Gasteiger partial charge in [-0.05, 0) is 37.1 Å². The number of nitrogens with zero attached hydrogens (tertiary/aromatic N) is 1. The van der Waals surface area contributed by atoms with Crippen LogP contribution < -0.4 is 0 Å². The van der Waals surface area contributed by atoms with Crippen LogP contribution >= 0.6 is 27.7 Å². The van der Waals surface area contributed by atoms with Crippen LogP contribution in [-0.4, -0.2) is 40.9 Å². The second kappa shape index (κ2) is 6.08. The van der Waals surface area contributed by atoms with Crippen molar-refractivity contribution >= 4 is 33.6 Å². The number of hydrogen-bond acceptors (Lipinski definition) is 3. The number of aryl methyl sites for hydroxylation is 1. The molecule has 98 valence electrons. The van der Waals surface area contributed by atoms with Gasteiger partial charge in [-0.1, -0.05) is 15.9 Å². The second-order valence-corrected chi connectivity index (χ2v) is 6.41. The molecule has 0 bridgehead atoms. The van der Waals surface area contributed by atoms with E-state index in [1.54, 1.807) is 16.7 Å². The van der Waals surface area contributed by atoms with E-state index in [4.69, 9.17) is 0 Å². The number of β-amino-alcohol motifs (C(OH)–C–C–N with tert-alkyl or cyclic N) is 1. The molecule has 1 atom stereocenters. The van der Waals surface area contributed by atoms with Gasteiger partial charge in [-0.25, -0.2) is 0 Å². The van der Waals surface area contributed by atoms with Crippen LogP contribution in [0, 0.1) is 6.92 Å². The highest BCUT2D eigenvalue weighted by Gasteiger charge is 2.24. The lowest BCUT2D eigenvalue weighted by molar-refractivity contribution is -0.127. The zero-order chi connectivity index (χ0) is 13.1. The van der Waals surface area contributed by atoms with Gasteiger partial charge in [0.05, 0.1) is 11.9 Å². The van der Waals surface area contributed by atoms with Gasteiger partial charge in [0.15, 0.2) is 0 Å². The molecule has 0 spiro atoms. The molecule has 2 rings (SSSR count). The normalized spacial score (nSPS) is 19.3.